The predicted molar refractivity (Wildman–Crippen MR) is 68.2 cm³/mol. The molecule has 3 rings (SSSR count). The van der Waals surface area contributed by atoms with E-state index in [0.29, 0.717) is 36.1 Å². The van der Waals surface area contributed by atoms with E-state index in [1.807, 2.05) is 12.1 Å². The highest BCUT2D eigenvalue weighted by atomic mass is 35.5. The molecular formula is C13H12ClNO3. The van der Waals surface area contributed by atoms with Crippen LogP contribution in [0, 0.1) is 0 Å². The van der Waals surface area contributed by atoms with Crippen LogP contribution in [0.4, 0.5) is 0 Å². The summed E-state index contributed by atoms with van der Waals surface area (Å²) < 4.78 is 10.8. The molecule has 1 aliphatic rings. The Morgan fingerprint density at radius 1 is 1.44 bits per heavy atom. The Kier molecular flexibility index (Phi) is 3.07. The van der Waals surface area contributed by atoms with Crippen LogP contribution in [-0.4, -0.2) is 31.6 Å². The first-order chi connectivity index (χ1) is 8.75. The van der Waals surface area contributed by atoms with Crippen LogP contribution in [0.25, 0.3) is 11.0 Å². The molecule has 1 aliphatic heterocycles. The summed E-state index contributed by atoms with van der Waals surface area (Å²) in [6, 6.07) is 6.82. The normalized spacial score (nSPS) is 20.2. The minimum Gasteiger partial charge on any atom is -0.451 e. The van der Waals surface area contributed by atoms with E-state index in [-0.39, 0.29) is 11.8 Å². The maximum absolute atomic E-state index is 12.2. The van der Waals surface area contributed by atoms with Gasteiger partial charge in [0, 0.05) is 11.9 Å². The number of morpholine rings is 1. The van der Waals surface area contributed by atoms with Crippen molar-refractivity contribution in [3.63, 3.8) is 0 Å². The Morgan fingerprint density at radius 2 is 2.33 bits per heavy atom. The lowest BCUT2D eigenvalue weighted by Crippen LogP contribution is -2.46. The first-order valence-corrected chi connectivity index (χ1v) is 6.17. The molecule has 1 aromatic carbocycles. The van der Waals surface area contributed by atoms with Crippen LogP contribution in [0.1, 0.15) is 10.6 Å². The van der Waals surface area contributed by atoms with Crippen molar-refractivity contribution in [3.8, 4) is 0 Å². The van der Waals surface area contributed by atoms with Crippen molar-refractivity contribution in [2.75, 3.05) is 19.8 Å². The molecule has 1 aromatic heterocycles. The summed E-state index contributed by atoms with van der Waals surface area (Å²) in [5.41, 5.74) is 0.555. The number of furan rings is 1. The van der Waals surface area contributed by atoms with Gasteiger partial charge in [0.2, 0.25) is 5.78 Å². The van der Waals surface area contributed by atoms with Gasteiger partial charge in [0.25, 0.3) is 0 Å². The maximum Gasteiger partial charge on any atom is 0.217 e. The van der Waals surface area contributed by atoms with Gasteiger partial charge in [-0.3, -0.25) is 4.79 Å². The molecule has 18 heavy (non-hydrogen) atoms. The van der Waals surface area contributed by atoms with Gasteiger partial charge in [-0.25, -0.2) is 0 Å². The molecule has 1 fully saturated rings. The number of ether oxygens (including phenoxy) is 1. The number of para-hydroxylation sites is 1. The number of hydrogen-bond donors (Lipinski definition) is 1. The number of halogens is 1. The number of hydrogen-bond acceptors (Lipinski definition) is 4. The Labute approximate surface area is 109 Å². The van der Waals surface area contributed by atoms with Crippen molar-refractivity contribution in [2.24, 2.45) is 0 Å². The summed E-state index contributed by atoms with van der Waals surface area (Å²) >= 11 is 6.02. The molecule has 0 radical (unpaired) electrons. The maximum atomic E-state index is 12.2. The fourth-order valence-corrected chi connectivity index (χ4v) is 2.27. The fourth-order valence-electron chi connectivity index (χ4n) is 2.05. The van der Waals surface area contributed by atoms with E-state index in [1.165, 1.54) is 0 Å². The van der Waals surface area contributed by atoms with E-state index in [2.05, 4.69) is 5.32 Å². The molecule has 1 saturated heterocycles. The zero-order chi connectivity index (χ0) is 12.5. The summed E-state index contributed by atoms with van der Waals surface area (Å²) in [5, 5.41) is 4.46. The third-order valence-corrected chi connectivity index (χ3v) is 3.27. The second-order valence-corrected chi connectivity index (χ2v) is 4.62. The van der Waals surface area contributed by atoms with Crippen LogP contribution < -0.4 is 5.32 Å². The summed E-state index contributed by atoms with van der Waals surface area (Å²) in [6.45, 7) is 1.69. The van der Waals surface area contributed by atoms with E-state index in [4.69, 9.17) is 20.8 Å². The zero-order valence-corrected chi connectivity index (χ0v) is 10.4. The lowest BCUT2D eigenvalue weighted by Gasteiger charge is -2.21. The Balaban J connectivity index is 1.94. The predicted octanol–water partition coefficient (Wildman–Crippen LogP) is 2.26. The quantitative estimate of drug-likeness (QED) is 0.847. The topological polar surface area (TPSA) is 51.5 Å². The molecule has 0 amide bonds. The third-order valence-electron chi connectivity index (χ3n) is 2.98. The Morgan fingerprint density at radius 3 is 3.06 bits per heavy atom. The van der Waals surface area contributed by atoms with Gasteiger partial charge in [0.15, 0.2) is 11.3 Å². The zero-order valence-electron chi connectivity index (χ0n) is 9.61. The summed E-state index contributed by atoms with van der Waals surface area (Å²) in [4.78, 5) is 12.2. The van der Waals surface area contributed by atoms with Crippen LogP contribution in [0.2, 0.25) is 5.02 Å². The van der Waals surface area contributed by atoms with Gasteiger partial charge in [-0.1, -0.05) is 23.7 Å². The number of nitrogens with one attached hydrogen (secondary N) is 1. The molecular weight excluding hydrogens is 254 g/mol. The van der Waals surface area contributed by atoms with Crippen molar-refractivity contribution < 1.29 is 13.9 Å². The number of benzene rings is 1. The van der Waals surface area contributed by atoms with E-state index in [1.54, 1.807) is 12.1 Å². The second-order valence-electron chi connectivity index (χ2n) is 4.21. The van der Waals surface area contributed by atoms with Crippen LogP contribution in [-0.2, 0) is 4.74 Å². The van der Waals surface area contributed by atoms with Gasteiger partial charge >= 0.3 is 0 Å². The van der Waals surface area contributed by atoms with E-state index in [9.17, 15) is 4.79 Å². The largest absolute Gasteiger partial charge is 0.451 e. The molecule has 1 N–H and O–H groups in total. The lowest BCUT2D eigenvalue weighted by molar-refractivity contribution is 0.0590. The van der Waals surface area contributed by atoms with Crippen LogP contribution in [0.15, 0.2) is 28.7 Å². The first kappa shape index (κ1) is 11.7. The summed E-state index contributed by atoms with van der Waals surface area (Å²) in [5.74, 6) is 0.225. The van der Waals surface area contributed by atoms with Gasteiger partial charge in [-0.15, -0.1) is 0 Å². The molecule has 4 nitrogen and oxygen atoms in total. The van der Waals surface area contributed by atoms with Crippen molar-refractivity contribution in [3.05, 3.63) is 35.0 Å². The van der Waals surface area contributed by atoms with Crippen molar-refractivity contribution in [1.82, 2.24) is 5.32 Å². The standard InChI is InChI=1S/C13H12ClNO3/c14-9-3-1-2-8-6-11(18-13(8)9)12(16)10-7-17-5-4-15-10/h1-3,6,10,15H,4-5,7H2. The molecule has 1 unspecified atom stereocenters. The molecule has 1 atom stereocenters. The number of carbonyl (C=O) groups excluding carboxylic acids is 1. The fraction of sp³-hybridized carbons (Fsp3) is 0.308. The van der Waals surface area contributed by atoms with Gasteiger partial charge in [0.1, 0.15) is 0 Å². The lowest BCUT2D eigenvalue weighted by atomic mass is 10.1. The monoisotopic (exact) mass is 265 g/mol. The summed E-state index contributed by atoms with van der Waals surface area (Å²) in [7, 11) is 0. The second kappa shape index (κ2) is 4.72. The number of fused-ring (bicyclic) bond motifs is 1. The average molecular weight is 266 g/mol. The molecule has 0 aliphatic carbocycles. The first-order valence-electron chi connectivity index (χ1n) is 5.79. The van der Waals surface area contributed by atoms with Gasteiger partial charge in [-0.2, -0.15) is 0 Å². The van der Waals surface area contributed by atoms with E-state index >= 15 is 0 Å². The summed E-state index contributed by atoms with van der Waals surface area (Å²) in [6.07, 6.45) is 0. The molecule has 0 spiro atoms. The SMILES string of the molecule is O=C(c1cc2cccc(Cl)c2o1)C1COCCN1. The molecule has 0 bridgehead atoms. The van der Waals surface area contributed by atoms with E-state index < -0.39 is 0 Å². The molecule has 2 heterocycles. The van der Waals surface area contributed by atoms with Gasteiger partial charge < -0.3 is 14.5 Å². The number of ketones is 1. The highest BCUT2D eigenvalue weighted by molar-refractivity contribution is 6.34. The van der Waals surface area contributed by atoms with Crippen molar-refractivity contribution in [1.29, 1.82) is 0 Å². The minimum absolute atomic E-state index is 0.0954. The molecule has 2 aromatic rings. The average Bonchev–Trinajstić information content (AvgIpc) is 2.84. The van der Waals surface area contributed by atoms with Crippen molar-refractivity contribution in [2.45, 2.75) is 6.04 Å². The number of carbonyl (C=O) groups is 1. The highest BCUT2D eigenvalue weighted by Gasteiger charge is 2.25. The number of rotatable bonds is 2. The van der Waals surface area contributed by atoms with Gasteiger partial charge in [-0.05, 0) is 12.1 Å². The number of Topliss-reactive ketones (excluding diaryl/α,β-unsaturated/α-hetero) is 1. The smallest absolute Gasteiger partial charge is 0.217 e. The highest BCUT2D eigenvalue weighted by Crippen LogP contribution is 2.27. The third kappa shape index (κ3) is 2.03. The molecule has 0 saturated carbocycles. The minimum atomic E-state index is -0.335. The van der Waals surface area contributed by atoms with Crippen molar-refractivity contribution >= 4 is 28.4 Å². The molecule has 5 heteroatoms. The van der Waals surface area contributed by atoms with Crippen LogP contribution in [0.5, 0.6) is 0 Å². The molecule has 94 valence electrons. The Hall–Kier alpha value is -1.36. The Bertz CT molecular complexity index is 587. The van der Waals surface area contributed by atoms with Crippen LogP contribution in [0.3, 0.4) is 0 Å². The van der Waals surface area contributed by atoms with Gasteiger partial charge in [0.05, 0.1) is 24.3 Å². The van der Waals surface area contributed by atoms with E-state index in [0.717, 1.165) is 5.39 Å². The van der Waals surface area contributed by atoms with Crippen LogP contribution >= 0.6 is 11.6 Å².